The van der Waals surface area contributed by atoms with Crippen molar-refractivity contribution in [2.45, 2.75) is 4.90 Å². The lowest BCUT2D eigenvalue weighted by atomic mass is 10.2. The van der Waals surface area contributed by atoms with Gasteiger partial charge in [0.1, 0.15) is 6.54 Å². The Labute approximate surface area is 184 Å². The lowest BCUT2D eigenvalue weighted by molar-refractivity contribution is -0.119. The highest BCUT2D eigenvalue weighted by atomic mass is 35.5. The van der Waals surface area contributed by atoms with Crippen molar-refractivity contribution in [1.29, 1.82) is 0 Å². The number of sulfonamides is 1. The topological polar surface area (TPSA) is 78.8 Å². The Hall–Kier alpha value is -2.87. The van der Waals surface area contributed by atoms with Crippen molar-refractivity contribution in [2.24, 2.45) is 5.10 Å². The fraction of sp³-hybridized carbons (Fsp3) is 0.0476. The van der Waals surface area contributed by atoms with Gasteiger partial charge in [-0.1, -0.05) is 59.6 Å². The molecule has 6 nitrogen and oxygen atoms in total. The van der Waals surface area contributed by atoms with Crippen molar-refractivity contribution in [1.82, 2.24) is 5.43 Å². The van der Waals surface area contributed by atoms with E-state index >= 15 is 0 Å². The Bertz CT molecular complexity index is 1150. The van der Waals surface area contributed by atoms with Crippen LogP contribution in [-0.4, -0.2) is 27.1 Å². The molecule has 1 N–H and O–H groups in total. The van der Waals surface area contributed by atoms with Gasteiger partial charge in [-0.3, -0.25) is 9.10 Å². The molecule has 3 rings (SSSR count). The number of hydrogen-bond donors (Lipinski definition) is 1. The van der Waals surface area contributed by atoms with Crippen LogP contribution in [0, 0.1) is 0 Å². The molecule has 0 aromatic heterocycles. The molecule has 0 atom stereocenters. The molecule has 0 spiro atoms. The van der Waals surface area contributed by atoms with Crippen molar-refractivity contribution >= 4 is 51.0 Å². The number of carbonyl (C=O) groups excluding carboxylic acids is 1. The molecule has 1 amide bonds. The minimum Gasteiger partial charge on any atom is -0.271 e. The van der Waals surface area contributed by atoms with Crippen molar-refractivity contribution in [3.05, 3.63) is 94.5 Å². The summed E-state index contributed by atoms with van der Waals surface area (Å²) in [4.78, 5) is 12.5. The van der Waals surface area contributed by atoms with Crippen LogP contribution in [0.15, 0.2) is 88.9 Å². The highest BCUT2D eigenvalue weighted by molar-refractivity contribution is 7.92. The molecule has 0 fully saturated rings. The van der Waals surface area contributed by atoms with Crippen LogP contribution in [0.3, 0.4) is 0 Å². The minimum absolute atomic E-state index is 0.0578. The van der Waals surface area contributed by atoms with E-state index in [0.29, 0.717) is 10.0 Å². The normalized spacial score (nSPS) is 11.4. The molecule has 3 aromatic rings. The number of carbonyl (C=O) groups is 1. The predicted octanol–water partition coefficient (Wildman–Crippen LogP) is 4.34. The third-order valence-corrected chi connectivity index (χ3v) is 6.26. The first kappa shape index (κ1) is 21.8. The Morgan fingerprint density at radius 2 is 1.63 bits per heavy atom. The van der Waals surface area contributed by atoms with Crippen LogP contribution in [0.25, 0.3) is 0 Å². The van der Waals surface area contributed by atoms with Crippen LogP contribution in [0.1, 0.15) is 5.56 Å². The number of anilines is 1. The second-order valence-electron chi connectivity index (χ2n) is 6.15. The van der Waals surface area contributed by atoms with E-state index in [4.69, 9.17) is 23.2 Å². The Morgan fingerprint density at radius 3 is 2.30 bits per heavy atom. The number of benzene rings is 3. The predicted molar refractivity (Wildman–Crippen MR) is 120 cm³/mol. The molecule has 3 aromatic carbocycles. The van der Waals surface area contributed by atoms with Crippen molar-refractivity contribution in [3.63, 3.8) is 0 Å². The summed E-state index contributed by atoms with van der Waals surface area (Å²) in [5.74, 6) is -0.611. The summed E-state index contributed by atoms with van der Waals surface area (Å²) < 4.78 is 27.3. The number of nitrogens with zero attached hydrogens (tertiary/aromatic N) is 2. The van der Waals surface area contributed by atoms with Gasteiger partial charge >= 0.3 is 0 Å². The monoisotopic (exact) mass is 461 g/mol. The molecule has 0 heterocycles. The van der Waals surface area contributed by atoms with Crippen LogP contribution >= 0.6 is 23.2 Å². The number of hydrazone groups is 1. The smallest absolute Gasteiger partial charge is 0.264 e. The molecule has 0 aliphatic heterocycles. The zero-order valence-electron chi connectivity index (χ0n) is 15.6. The van der Waals surface area contributed by atoms with E-state index in [1.54, 1.807) is 60.7 Å². The van der Waals surface area contributed by atoms with E-state index in [1.807, 2.05) is 0 Å². The summed E-state index contributed by atoms with van der Waals surface area (Å²) in [5.41, 5.74) is 3.33. The highest BCUT2D eigenvalue weighted by Crippen LogP contribution is 2.25. The van der Waals surface area contributed by atoms with Gasteiger partial charge in [0.15, 0.2) is 0 Å². The summed E-state index contributed by atoms with van der Waals surface area (Å²) >= 11 is 11.9. The first-order valence-corrected chi connectivity index (χ1v) is 11.0. The van der Waals surface area contributed by atoms with Gasteiger partial charge in [-0.2, -0.15) is 5.10 Å². The van der Waals surface area contributed by atoms with Crippen molar-refractivity contribution in [3.8, 4) is 0 Å². The first-order valence-electron chi connectivity index (χ1n) is 8.77. The maximum Gasteiger partial charge on any atom is 0.264 e. The van der Waals surface area contributed by atoms with E-state index in [1.165, 1.54) is 24.4 Å². The van der Waals surface area contributed by atoms with Crippen LogP contribution in [0.5, 0.6) is 0 Å². The Balaban J connectivity index is 1.82. The molecule has 30 heavy (non-hydrogen) atoms. The quantitative estimate of drug-likeness (QED) is 0.419. The minimum atomic E-state index is -4.00. The average molecular weight is 462 g/mol. The van der Waals surface area contributed by atoms with Crippen LogP contribution in [0.4, 0.5) is 5.69 Å². The molecule has 0 saturated carbocycles. The molecule has 0 saturated heterocycles. The zero-order chi connectivity index (χ0) is 21.6. The third kappa shape index (κ3) is 5.60. The van der Waals surface area contributed by atoms with E-state index in [-0.39, 0.29) is 10.6 Å². The van der Waals surface area contributed by atoms with Gasteiger partial charge in [-0.15, -0.1) is 0 Å². The standard InChI is InChI=1S/C21H17Cl2N3O3S/c22-17-11-9-16(10-12-17)14-24-25-21(27)15-26(19-6-4-5-18(23)13-19)30(28,29)20-7-2-1-3-8-20/h1-14H,15H2,(H,25,27)/b24-14+. The van der Waals surface area contributed by atoms with Gasteiger partial charge in [-0.05, 0) is 48.0 Å². The summed E-state index contributed by atoms with van der Waals surface area (Å²) in [6.45, 7) is -0.477. The lowest BCUT2D eigenvalue weighted by Crippen LogP contribution is -2.39. The van der Waals surface area contributed by atoms with Gasteiger partial charge in [0.2, 0.25) is 0 Å². The Kier molecular flexibility index (Phi) is 7.10. The molecule has 0 aliphatic carbocycles. The molecule has 0 aliphatic rings. The number of halogens is 2. The van der Waals surface area contributed by atoms with E-state index < -0.39 is 22.5 Å². The van der Waals surface area contributed by atoms with Crippen molar-refractivity contribution < 1.29 is 13.2 Å². The number of nitrogens with one attached hydrogen (secondary N) is 1. The molecule has 0 radical (unpaired) electrons. The van der Waals surface area contributed by atoms with Crippen LogP contribution in [0.2, 0.25) is 10.0 Å². The second kappa shape index (κ2) is 9.75. The maximum atomic E-state index is 13.2. The fourth-order valence-corrected chi connectivity index (χ4v) is 4.30. The van der Waals surface area contributed by atoms with Gasteiger partial charge < -0.3 is 0 Å². The fourth-order valence-electron chi connectivity index (χ4n) is 2.56. The molecule has 154 valence electrons. The van der Waals surface area contributed by atoms with Crippen LogP contribution < -0.4 is 9.73 Å². The van der Waals surface area contributed by atoms with Crippen LogP contribution in [-0.2, 0) is 14.8 Å². The summed E-state index contributed by atoms with van der Waals surface area (Å²) in [6, 6.07) is 21.0. The van der Waals surface area contributed by atoms with E-state index in [2.05, 4.69) is 10.5 Å². The largest absolute Gasteiger partial charge is 0.271 e. The summed E-state index contributed by atoms with van der Waals surface area (Å²) in [6.07, 6.45) is 1.43. The maximum absolute atomic E-state index is 13.2. The zero-order valence-corrected chi connectivity index (χ0v) is 17.9. The number of amides is 1. The molecular weight excluding hydrogens is 445 g/mol. The summed E-state index contributed by atoms with van der Waals surface area (Å²) in [7, 11) is -4.00. The number of hydrogen-bond acceptors (Lipinski definition) is 4. The SMILES string of the molecule is O=C(CN(c1cccc(Cl)c1)S(=O)(=O)c1ccccc1)N/N=C/c1ccc(Cl)cc1. The van der Waals surface area contributed by atoms with E-state index in [0.717, 1.165) is 9.87 Å². The molecule has 0 unspecified atom stereocenters. The van der Waals surface area contributed by atoms with Crippen molar-refractivity contribution in [2.75, 3.05) is 10.8 Å². The molecule has 9 heteroatoms. The average Bonchev–Trinajstić information content (AvgIpc) is 2.74. The van der Waals surface area contributed by atoms with Gasteiger partial charge in [0.25, 0.3) is 15.9 Å². The number of rotatable bonds is 7. The molecular formula is C21H17Cl2N3O3S. The second-order valence-corrected chi connectivity index (χ2v) is 8.88. The third-order valence-electron chi connectivity index (χ3n) is 3.99. The summed E-state index contributed by atoms with van der Waals surface area (Å²) in [5, 5.41) is 4.81. The highest BCUT2D eigenvalue weighted by Gasteiger charge is 2.27. The van der Waals surface area contributed by atoms with Gasteiger partial charge in [0, 0.05) is 10.0 Å². The van der Waals surface area contributed by atoms with Gasteiger partial charge in [-0.25, -0.2) is 13.8 Å². The molecule has 0 bridgehead atoms. The van der Waals surface area contributed by atoms with E-state index in [9.17, 15) is 13.2 Å². The lowest BCUT2D eigenvalue weighted by Gasteiger charge is -2.23. The first-order chi connectivity index (χ1) is 14.4. The van der Waals surface area contributed by atoms with Gasteiger partial charge in [0.05, 0.1) is 16.8 Å². The Morgan fingerprint density at radius 1 is 0.933 bits per heavy atom.